The van der Waals surface area contributed by atoms with E-state index in [1.807, 2.05) is 0 Å². The van der Waals surface area contributed by atoms with Gasteiger partial charge in [0.25, 0.3) is 5.69 Å². The lowest BCUT2D eigenvalue weighted by Gasteiger charge is -2.11. The average molecular weight is 438 g/mol. The van der Waals surface area contributed by atoms with E-state index in [4.69, 9.17) is 0 Å². The van der Waals surface area contributed by atoms with Crippen LogP contribution in [0.4, 0.5) is 11.4 Å². The molecule has 0 aliphatic heterocycles. The number of nitrogens with zero attached hydrogens (tertiary/aromatic N) is 1. The summed E-state index contributed by atoms with van der Waals surface area (Å²) in [6.07, 6.45) is 0.910. The Bertz CT molecular complexity index is 659. The summed E-state index contributed by atoms with van der Waals surface area (Å²) in [5, 5.41) is 13.5. The number of carbonyl (C=O) groups is 2. The predicted molar refractivity (Wildman–Crippen MR) is 84.2 cm³/mol. The van der Waals surface area contributed by atoms with Gasteiger partial charge in [-0.15, -0.1) is 0 Å². The summed E-state index contributed by atoms with van der Waals surface area (Å²) >= 11 is 6.21. The van der Waals surface area contributed by atoms with Crippen molar-refractivity contribution in [3.05, 3.63) is 43.0 Å². The molecule has 10 heteroatoms. The zero-order valence-electron chi connectivity index (χ0n) is 11.4. The molecule has 1 aromatic carbocycles. The number of nitro groups is 1. The number of hydrogen-bond donors (Lipinski definition) is 1. The maximum absolute atomic E-state index is 11.6. The summed E-state index contributed by atoms with van der Waals surface area (Å²) in [4.78, 5) is 33.2. The largest absolute Gasteiger partial charge is 0.466 e. The van der Waals surface area contributed by atoms with E-state index in [-0.39, 0.29) is 15.9 Å². The monoisotopic (exact) mass is 436 g/mol. The molecule has 0 radical (unpaired) electrons. The van der Waals surface area contributed by atoms with E-state index in [1.165, 1.54) is 12.1 Å². The van der Waals surface area contributed by atoms with Gasteiger partial charge in [0.2, 0.25) is 0 Å². The molecule has 0 fully saturated rings. The Kier molecular flexibility index (Phi) is 6.50. The fourth-order valence-corrected chi connectivity index (χ4v) is 2.27. The summed E-state index contributed by atoms with van der Waals surface area (Å²) in [7, 11) is 2.31. The minimum absolute atomic E-state index is 0.158. The van der Waals surface area contributed by atoms with Crippen molar-refractivity contribution in [3.8, 4) is 0 Å². The number of ether oxygens (including phenoxy) is 2. The molecule has 0 amide bonds. The molecular formula is C12H10Br2N2O6. The van der Waals surface area contributed by atoms with Crippen LogP contribution in [0.15, 0.2) is 32.9 Å². The van der Waals surface area contributed by atoms with Crippen LogP contribution < -0.4 is 5.32 Å². The quantitative estimate of drug-likeness (QED) is 0.326. The molecule has 0 heterocycles. The van der Waals surface area contributed by atoms with Gasteiger partial charge in [-0.05, 0) is 37.9 Å². The van der Waals surface area contributed by atoms with Crippen LogP contribution in [0.25, 0.3) is 0 Å². The topological polar surface area (TPSA) is 108 Å². The Hall–Kier alpha value is -1.94. The molecule has 0 bridgehead atoms. The minimum Gasteiger partial charge on any atom is -0.466 e. The molecule has 0 unspecified atom stereocenters. The van der Waals surface area contributed by atoms with Gasteiger partial charge in [-0.1, -0.05) is 0 Å². The number of benzene rings is 1. The Morgan fingerprint density at radius 3 is 2.36 bits per heavy atom. The number of methoxy groups -OCH3 is 2. The molecule has 0 aromatic heterocycles. The van der Waals surface area contributed by atoms with Crippen LogP contribution >= 0.6 is 31.9 Å². The molecule has 0 saturated carbocycles. The van der Waals surface area contributed by atoms with Gasteiger partial charge in [-0.2, -0.15) is 0 Å². The van der Waals surface area contributed by atoms with Gasteiger partial charge < -0.3 is 14.8 Å². The highest BCUT2D eigenvalue weighted by Crippen LogP contribution is 2.35. The Labute approximate surface area is 141 Å². The fraction of sp³-hybridized carbons (Fsp3) is 0.167. The van der Waals surface area contributed by atoms with E-state index in [0.29, 0.717) is 10.2 Å². The van der Waals surface area contributed by atoms with Gasteiger partial charge in [-0.25, -0.2) is 9.59 Å². The van der Waals surface area contributed by atoms with Crippen LogP contribution in [0, 0.1) is 10.1 Å². The summed E-state index contributed by atoms with van der Waals surface area (Å²) in [6, 6.07) is 2.63. The van der Waals surface area contributed by atoms with Crippen molar-refractivity contribution in [1.82, 2.24) is 0 Å². The molecule has 1 aromatic rings. The zero-order valence-corrected chi connectivity index (χ0v) is 14.6. The molecular weight excluding hydrogens is 428 g/mol. The van der Waals surface area contributed by atoms with E-state index >= 15 is 0 Å². The minimum atomic E-state index is -0.799. The summed E-state index contributed by atoms with van der Waals surface area (Å²) < 4.78 is 9.51. The highest BCUT2D eigenvalue weighted by atomic mass is 79.9. The number of nitrogens with one attached hydrogen (secondary N) is 1. The SMILES string of the molecule is COC(=O)/C=C(/Nc1cc(Br)c([N+](=O)[O-])cc1Br)C(=O)OC. The van der Waals surface area contributed by atoms with Crippen molar-refractivity contribution < 1.29 is 24.0 Å². The third-order valence-electron chi connectivity index (χ3n) is 2.37. The van der Waals surface area contributed by atoms with Crippen molar-refractivity contribution in [1.29, 1.82) is 0 Å². The van der Waals surface area contributed by atoms with Crippen molar-refractivity contribution in [3.63, 3.8) is 0 Å². The second-order valence-corrected chi connectivity index (χ2v) is 5.45. The van der Waals surface area contributed by atoms with Gasteiger partial charge in [0.05, 0.1) is 35.4 Å². The van der Waals surface area contributed by atoms with Crippen LogP contribution in [0.5, 0.6) is 0 Å². The first-order chi connectivity index (χ1) is 10.3. The first-order valence-corrected chi connectivity index (χ1v) is 7.17. The van der Waals surface area contributed by atoms with Crippen LogP contribution in [-0.4, -0.2) is 31.1 Å². The Balaban J connectivity index is 3.22. The average Bonchev–Trinajstić information content (AvgIpc) is 2.48. The van der Waals surface area contributed by atoms with E-state index in [1.54, 1.807) is 0 Å². The maximum Gasteiger partial charge on any atom is 0.354 e. The second-order valence-electron chi connectivity index (χ2n) is 3.74. The number of anilines is 1. The van der Waals surface area contributed by atoms with E-state index in [2.05, 4.69) is 46.7 Å². The molecule has 118 valence electrons. The number of esters is 2. The summed E-state index contributed by atoms with van der Waals surface area (Å²) in [6.45, 7) is 0. The summed E-state index contributed by atoms with van der Waals surface area (Å²) in [5.41, 5.74) is -0.0252. The molecule has 0 saturated heterocycles. The predicted octanol–water partition coefficient (Wildman–Crippen LogP) is 2.76. The third kappa shape index (κ3) is 4.53. The van der Waals surface area contributed by atoms with Gasteiger partial charge in [0.15, 0.2) is 0 Å². The molecule has 22 heavy (non-hydrogen) atoms. The first kappa shape index (κ1) is 18.1. The molecule has 0 spiro atoms. The fourth-order valence-electron chi connectivity index (χ4n) is 1.35. The lowest BCUT2D eigenvalue weighted by Crippen LogP contribution is -2.15. The van der Waals surface area contributed by atoms with Crippen molar-refractivity contribution in [2.75, 3.05) is 19.5 Å². The maximum atomic E-state index is 11.6. The van der Waals surface area contributed by atoms with E-state index in [0.717, 1.165) is 20.3 Å². The zero-order chi connectivity index (χ0) is 16.9. The molecule has 1 N–H and O–H groups in total. The van der Waals surface area contributed by atoms with Gasteiger partial charge >= 0.3 is 11.9 Å². The molecule has 8 nitrogen and oxygen atoms in total. The number of hydrogen-bond acceptors (Lipinski definition) is 7. The number of carbonyl (C=O) groups excluding carboxylic acids is 2. The van der Waals surface area contributed by atoms with Crippen LogP contribution in [-0.2, 0) is 19.1 Å². The van der Waals surface area contributed by atoms with Gasteiger partial charge in [0.1, 0.15) is 5.70 Å². The highest BCUT2D eigenvalue weighted by molar-refractivity contribution is 9.11. The number of halogens is 2. The third-order valence-corrected chi connectivity index (χ3v) is 3.66. The van der Waals surface area contributed by atoms with Crippen LogP contribution in [0.2, 0.25) is 0 Å². The lowest BCUT2D eigenvalue weighted by atomic mass is 10.2. The number of rotatable bonds is 5. The number of nitro benzene ring substituents is 1. The first-order valence-electron chi connectivity index (χ1n) is 5.58. The van der Waals surface area contributed by atoms with E-state index < -0.39 is 16.9 Å². The standard InChI is InChI=1S/C12H10Br2N2O6/c1-21-11(17)5-9(12(18)22-2)15-8-3-7(14)10(16(19)20)4-6(8)13/h3-5,15H,1-2H3/b9-5+. The lowest BCUT2D eigenvalue weighted by molar-refractivity contribution is -0.385. The normalized spacial score (nSPS) is 10.8. The molecule has 0 aliphatic carbocycles. The van der Waals surface area contributed by atoms with Crippen molar-refractivity contribution in [2.24, 2.45) is 0 Å². The molecule has 0 aliphatic rings. The van der Waals surface area contributed by atoms with Crippen molar-refractivity contribution >= 4 is 55.2 Å². The second kappa shape index (κ2) is 7.90. The van der Waals surface area contributed by atoms with Gasteiger partial charge in [-0.3, -0.25) is 10.1 Å². The summed E-state index contributed by atoms with van der Waals surface area (Å²) in [5.74, 6) is -1.56. The van der Waals surface area contributed by atoms with Gasteiger partial charge in [0, 0.05) is 10.5 Å². The van der Waals surface area contributed by atoms with Crippen molar-refractivity contribution in [2.45, 2.75) is 0 Å². The highest BCUT2D eigenvalue weighted by Gasteiger charge is 2.18. The molecule has 1 rings (SSSR count). The Morgan fingerprint density at radius 2 is 1.86 bits per heavy atom. The van der Waals surface area contributed by atoms with Crippen LogP contribution in [0.3, 0.4) is 0 Å². The molecule has 0 atom stereocenters. The smallest absolute Gasteiger partial charge is 0.354 e. The van der Waals surface area contributed by atoms with Crippen LogP contribution in [0.1, 0.15) is 0 Å². The van der Waals surface area contributed by atoms with E-state index in [9.17, 15) is 19.7 Å². The Morgan fingerprint density at radius 1 is 1.23 bits per heavy atom.